The quantitative estimate of drug-likeness (QED) is 0.538. The zero-order valence-electron chi connectivity index (χ0n) is 17.8. The van der Waals surface area contributed by atoms with Gasteiger partial charge in [0, 0.05) is 5.02 Å². The Kier molecular flexibility index (Phi) is 6.30. The molecule has 0 fully saturated rings. The number of hydrogen-bond acceptors (Lipinski definition) is 6. The van der Waals surface area contributed by atoms with E-state index in [9.17, 15) is 9.59 Å². The van der Waals surface area contributed by atoms with Crippen molar-refractivity contribution >= 4 is 35.0 Å². The zero-order valence-corrected chi connectivity index (χ0v) is 19.4. The summed E-state index contributed by atoms with van der Waals surface area (Å²) in [6.45, 7) is 3.74. The normalized spacial score (nSPS) is 15.9. The number of thiazole rings is 1. The van der Waals surface area contributed by atoms with Crippen LogP contribution in [0.2, 0.25) is 5.02 Å². The molecule has 0 N–H and O–H groups in total. The molecule has 2 heterocycles. The average Bonchev–Trinajstić information content (AvgIpc) is 3.09. The first-order valence-electron chi connectivity index (χ1n) is 10.0. The van der Waals surface area contributed by atoms with Crippen molar-refractivity contribution in [2.75, 3.05) is 13.7 Å². The molecule has 0 saturated heterocycles. The number of hydrogen-bond donors (Lipinski definition) is 0. The van der Waals surface area contributed by atoms with Crippen molar-refractivity contribution in [3.8, 4) is 5.75 Å². The largest absolute Gasteiger partial charge is 0.497 e. The summed E-state index contributed by atoms with van der Waals surface area (Å²) in [7, 11) is 1.59. The summed E-state index contributed by atoms with van der Waals surface area (Å²) in [5, 5.41) is 0.623. The van der Waals surface area contributed by atoms with Gasteiger partial charge < -0.3 is 9.47 Å². The second-order valence-corrected chi connectivity index (χ2v) is 8.57. The number of esters is 1. The molecule has 1 atom stereocenters. The predicted octanol–water partition coefficient (Wildman–Crippen LogP) is 3.46. The number of benzene rings is 2. The molecule has 0 aliphatic carbocycles. The van der Waals surface area contributed by atoms with E-state index in [1.165, 1.54) is 11.3 Å². The van der Waals surface area contributed by atoms with Crippen LogP contribution in [-0.2, 0) is 9.53 Å². The lowest BCUT2D eigenvalue weighted by molar-refractivity contribution is -0.139. The molecule has 1 aliphatic heterocycles. The minimum absolute atomic E-state index is 0.223. The summed E-state index contributed by atoms with van der Waals surface area (Å²) >= 11 is 7.26. The molecule has 1 aromatic heterocycles. The number of fused-ring (bicyclic) bond motifs is 1. The maximum Gasteiger partial charge on any atom is 0.338 e. The van der Waals surface area contributed by atoms with Crippen molar-refractivity contribution < 1.29 is 14.3 Å². The number of carbonyl (C=O) groups is 1. The topological polar surface area (TPSA) is 69.9 Å². The first-order chi connectivity index (χ1) is 15.4. The summed E-state index contributed by atoms with van der Waals surface area (Å²) in [6, 6.07) is 13.9. The standard InChI is InChI=1S/C24H21ClN2O4S/c1-4-31-23(29)20-14(2)26-24-27(21(20)16-7-11-18(30-3)12-8-16)22(28)19(32-24)13-15-5-9-17(25)10-6-15/h5-13,21H,4H2,1-3H3/t21-/m0/s1. The van der Waals surface area contributed by atoms with Gasteiger partial charge in [-0.05, 0) is 55.3 Å². The van der Waals surface area contributed by atoms with E-state index in [0.717, 1.165) is 11.1 Å². The highest BCUT2D eigenvalue weighted by Crippen LogP contribution is 2.31. The van der Waals surface area contributed by atoms with E-state index in [0.29, 0.717) is 31.4 Å². The molecule has 0 radical (unpaired) electrons. The Morgan fingerprint density at radius 3 is 2.50 bits per heavy atom. The third kappa shape index (κ3) is 4.13. The number of aromatic nitrogens is 1. The van der Waals surface area contributed by atoms with Gasteiger partial charge in [0.1, 0.15) is 5.75 Å². The zero-order chi connectivity index (χ0) is 22.8. The Morgan fingerprint density at radius 1 is 1.19 bits per heavy atom. The third-order valence-corrected chi connectivity index (χ3v) is 6.35. The maximum atomic E-state index is 13.5. The Hall–Kier alpha value is -3.16. The van der Waals surface area contributed by atoms with E-state index in [1.54, 1.807) is 55.9 Å². The minimum atomic E-state index is -0.649. The number of allylic oxidation sites excluding steroid dienone is 1. The lowest BCUT2D eigenvalue weighted by Gasteiger charge is -2.24. The fraction of sp³-hybridized carbons (Fsp3) is 0.208. The molecule has 32 heavy (non-hydrogen) atoms. The van der Waals surface area contributed by atoms with Gasteiger partial charge in [0.15, 0.2) is 4.80 Å². The summed E-state index contributed by atoms with van der Waals surface area (Å²) in [5.74, 6) is 0.198. The van der Waals surface area contributed by atoms with Gasteiger partial charge in [-0.1, -0.05) is 47.2 Å². The van der Waals surface area contributed by atoms with Gasteiger partial charge >= 0.3 is 5.97 Å². The Bertz CT molecular complexity index is 1370. The summed E-state index contributed by atoms with van der Waals surface area (Å²) < 4.78 is 12.6. The molecule has 4 rings (SSSR count). The lowest BCUT2D eigenvalue weighted by atomic mass is 9.96. The van der Waals surface area contributed by atoms with Crippen LogP contribution in [0.1, 0.15) is 31.0 Å². The summed E-state index contributed by atoms with van der Waals surface area (Å²) in [5.41, 5.74) is 2.27. The minimum Gasteiger partial charge on any atom is -0.497 e. The summed E-state index contributed by atoms with van der Waals surface area (Å²) in [6.07, 6.45) is 1.80. The van der Waals surface area contributed by atoms with Gasteiger partial charge in [-0.25, -0.2) is 9.79 Å². The van der Waals surface area contributed by atoms with Crippen LogP contribution in [0.4, 0.5) is 0 Å². The number of nitrogens with zero attached hydrogens (tertiary/aromatic N) is 2. The van der Waals surface area contributed by atoms with Crippen molar-refractivity contribution in [1.82, 2.24) is 4.57 Å². The monoisotopic (exact) mass is 468 g/mol. The SMILES string of the molecule is CCOC(=O)C1=C(C)N=c2sc(=Cc3ccc(Cl)cc3)c(=O)n2[C@H]1c1ccc(OC)cc1. The van der Waals surface area contributed by atoms with Crippen molar-refractivity contribution in [2.24, 2.45) is 4.99 Å². The van der Waals surface area contributed by atoms with Crippen molar-refractivity contribution in [2.45, 2.75) is 19.9 Å². The lowest BCUT2D eigenvalue weighted by Crippen LogP contribution is -2.39. The van der Waals surface area contributed by atoms with E-state index in [-0.39, 0.29) is 12.2 Å². The van der Waals surface area contributed by atoms with Crippen LogP contribution in [0.15, 0.2) is 69.6 Å². The van der Waals surface area contributed by atoms with E-state index in [2.05, 4.69) is 4.99 Å². The Morgan fingerprint density at radius 2 is 1.88 bits per heavy atom. The second kappa shape index (κ2) is 9.14. The Balaban J connectivity index is 1.93. The molecule has 164 valence electrons. The molecular formula is C24H21ClN2O4S. The molecule has 2 aromatic carbocycles. The van der Waals surface area contributed by atoms with E-state index in [1.807, 2.05) is 24.3 Å². The Labute approximate surface area is 193 Å². The predicted molar refractivity (Wildman–Crippen MR) is 125 cm³/mol. The maximum absolute atomic E-state index is 13.5. The molecule has 0 saturated carbocycles. The van der Waals surface area contributed by atoms with E-state index >= 15 is 0 Å². The molecule has 3 aromatic rings. The number of halogens is 1. The molecule has 6 nitrogen and oxygen atoms in total. The number of methoxy groups -OCH3 is 1. The van der Waals surface area contributed by atoms with Crippen LogP contribution in [0, 0.1) is 0 Å². The molecule has 8 heteroatoms. The molecule has 0 spiro atoms. The number of ether oxygens (including phenoxy) is 2. The van der Waals surface area contributed by atoms with Gasteiger partial charge in [0.25, 0.3) is 5.56 Å². The van der Waals surface area contributed by atoms with Crippen LogP contribution in [0.25, 0.3) is 6.08 Å². The van der Waals surface area contributed by atoms with Crippen LogP contribution in [0.3, 0.4) is 0 Å². The third-order valence-electron chi connectivity index (χ3n) is 5.12. The van der Waals surface area contributed by atoms with Crippen molar-refractivity contribution in [3.63, 3.8) is 0 Å². The highest BCUT2D eigenvalue weighted by Gasteiger charge is 2.33. The van der Waals surface area contributed by atoms with Crippen molar-refractivity contribution in [1.29, 1.82) is 0 Å². The van der Waals surface area contributed by atoms with Crippen molar-refractivity contribution in [3.05, 3.63) is 95.6 Å². The van der Waals surface area contributed by atoms with Gasteiger partial charge in [0.05, 0.1) is 35.6 Å². The molecule has 0 amide bonds. The van der Waals surface area contributed by atoms with Gasteiger partial charge in [0.2, 0.25) is 0 Å². The second-order valence-electron chi connectivity index (χ2n) is 7.13. The fourth-order valence-electron chi connectivity index (χ4n) is 3.60. The van der Waals surface area contributed by atoms with Crippen LogP contribution in [-0.4, -0.2) is 24.3 Å². The van der Waals surface area contributed by atoms with Crippen LogP contribution in [0.5, 0.6) is 5.75 Å². The molecule has 0 bridgehead atoms. The first kappa shape index (κ1) is 22.0. The molecule has 0 unspecified atom stereocenters. The molecule has 1 aliphatic rings. The smallest absolute Gasteiger partial charge is 0.338 e. The van der Waals surface area contributed by atoms with Crippen LogP contribution >= 0.6 is 22.9 Å². The van der Waals surface area contributed by atoms with E-state index in [4.69, 9.17) is 21.1 Å². The van der Waals surface area contributed by atoms with Crippen LogP contribution < -0.4 is 19.6 Å². The van der Waals surface area contributed by atoms with Gasteiger partial charge in [-0.15, -0.1) is 0 Å². The highest BCUT2D eigenvalue weighted by atomic mass is 35.5. The number of carbonyl (C=O) groups excluding carboxylic acids is 1. The average molecular weight is 469 g/mol. The molecular weight excluding hydrogens is 448 g/mol. The highest BCUT2D eigenvalue weighted by molar-refractivity contribution is 7.07. The van der Waals surface area contributed by atoms with Gasteiger partial charge in [-0.3, -0.25) is 9.36 Å². The van der Waals surface area contributed by atoms with Gasteiger partial charge in [-0.2, -0.15) is 0 Å². The fourth-order valence-corrected chi connectivity index (χ4v) is 4.78. The first-order valence-corrected chi connectivity index (χ1v) is 11.2. The van der Waals surface area contributed by atoms with E-state index < -0.39 is 12.0 Å². The number of rotatable bonds is 5. The summed E-state index contributed by atoms with van der Waals surface area (Å²) in [4.78, 5) is 31.5.